The van der Waals surface area contributed by atoms with Crippen molar-refractivity contribution in [3.05, 3.63) is 130 Å². The maximum atomic E-state index is 13.7. The number of rotatable bonds is 6. The number of amides is 2. The quantitative estimate of drug-likeness (QED) is 0.268. The number of urea groups is 1. The molecule has 0 bridgehead atoms. The summed E-state index contributed by atoms with van der Waals surface area (Å²) in [7, 11) is 0. The Morgan fingerprint density at radius 1 is 0.861 bits per heavy atom. The van der Waals surface area contributed by atoms with Crippen LogP contribution < -0.4 is 10.6 Å². The molecule has 9 heteroatoms. The van der Waals surface area contributed by atoms with E-state index in [1.165, 1.54) is 36.5 Å². The summed E-state index contributed by atoms with van der Waals surface area (Å²) < 4.78 is 54.6. The van der Waals surface area contributed by atoms with Gasteiger partial charge in [0.15, 0.2) is 0 Å². The fourth-order valence-corrected chi connectivity index (χ4v) is 4.05. The molecule has 0 fully saturated rings. The van der Waals surface area contributed by atoms with Crippen molar-refractivity contribution < 1.29 is 22.4 Å². The van der Waals surface area contributed by atoms with Crippen molar-refractivity contribution in [1.82, 2.24) is 10.3 Å². The van der Waals surface area contributed by atoms with Gasteiger partial charge in [-0.05, 0) is 53.6 Å². The van der Waals surface area contributed by atoms with Gasteiger partial charge in [-0.1, -0.05) is 60.1 Å². The predicted molar refractivity (Wildman–Crippen MR) is 130 cm³/mol. The second-order valence-corrected chi connectivity index (χ2v) is 8.53. The molecule has 1 aromatic heterocycles. The smallest absolute Gasteiger partial charge is 0.322 e. The molecule has 0 unspecified atom stereocenters. The lowest BCUT2D eigenvalue weighted by Gasteiger charge is -2.36. The fourth-order valence-electron chi connectivity index (χ4n) is 3.93. The van der Waals surface area contributed by atoms with Crippen molar-refractivity contribution in [3.63, 3.8) is 0 Å². The zero-order chi connectivity index (χ0) is 25.8. The number of pyridine rings is 1. The first-order valence-electron chi connectivity index (χ1n) is 10.8. The van der Waals surface area contributed by atoms with E-state index in [0.717, 1.165) is 23.8 Å². The maximum Gasteiger partial charge on any atom is 0.416 e. The average molecular weight is 514 g/mol. The summed E-state index contributed by atoms with van der Waals surface area (Å²) in [5.41, 5.74) is -1.08. The van der Waals surface area contributed by atoms with Crippen molar-refractivity contribution in [2.75, 3.05) is 5.32 Å². The van der Waals surface area contributed by atoms with E-state index in [9.17, 15) is 22.4 Å². The van der Waals surface area contributed by atoms with Crippen LogP contribution in [0.25, 0.3) is 0 Å². The second-order valence-electron chi connectivity index (χ2n) is 8.10. The van der Waals surface area contributed by atoms with Crippen LogP contribution in [-0.2, 0) is 18.1 Å². The van der Waals surface area contributed by atoms with Crippen molar-refractivity contribution in [2.24, 2.45) is 0 Å². The molecular formula is C27H20ClF4N3O. The zero-order valence-electron chi connectivity index (χ0n) is 18.7. The molecule has 1 atom stereocenters. The highest BCUT2D eigenvalue weighted by Gasteiger charge is 2.40. The van der Waals surface area contributed by atoms with E-state index in [2.05, 4.69) is 15.6 Å². The van der Waals surface area contributed by atoms with Crippen LogP contribution >= 0.6 is 11.6 Å². The van der Waals surface area contributed by atoms with Crippen LogP contribution in [0.2, 0.25) is 5.02 Å². The summed E-state index contributed by atoms with van der Waals surface area (Å²) in [6, 6.07) is 21.3. The normalized spacial score (nSPS) is 13.0. The highest BCUT2D eigenvalue weighted by atomic mass is 35.5. The number of alkyl halides is 3. The molecule has 4 rings (SSSR count). The summed E-state index contributed by atoms with van der Waals surface area (Å²) in [6.45, 7) is 0. The zero-order valence-corrected chi connectivity index (χ0v) is 19.4. The van der Waals surface area contributed by atoms with E-state index < -0.39 is 29.1 Å². The summed E-state index contributed by atoms with van der Waals surface area (Å²) >= 11 is 6.03. The number of carbonyl (C=O) groups is 1. The number of anilines is 1. The fraction of sp³-hybridized carbons (Fsp3) is 0.111. The molecule has 0 aliphatic carbocycles. The molecule has 184 valence electrons. The third-order valence-corrected chi connectivity index (χ3v) is 5.79. The molecule has 2 amide bonds. The number of aromatic nitrogens is 1. The molecule has 0 saturated carbocycles. The van der Waals surface area contributed by atoms with Crippen LogP contribution in [0.4, 0.5) is 28.0 Å². The molecule has 0 radical (unpaired) electrons. The Kier molecular flexibility index (Phi) is 7.26. The van der Waals surface area contributed by atoms with Gasteiger partial charge in [-0.25, -0.2) is 9.18 Å². The van der Waals surface area contributed by atoms with Crippen molar-refractivity contribution in [2.45, 2.75) is 18.1 Å². The Labute approximate surface area is 210 Å². The summed E-state index contributed by atoms with van der Waals surface area (Å²) in [6.07, 6.45) is -3.18. The predicted octanol–water partition coefficient (Wildman–Crippen LogP) is 7.20. The lowest BCUT2D eigenvalue weighted by atomic mass is 9.80. The molecule has 0 aliphatic heterocycles. The van der Waals surface area contributed by atoms with Gasteiger partial charge in [-0.2, -0.15) is 13.2 Å². The molecule has 1 heterocycles. The van der Waals surface area contributed by atoms with E-state index in [4.69, 9.17) is 11.6 Å². The first-order chi connectivity index (χ1) is 17.2. The van der Waals surface area contributed by atoms with Crippen LogP contribution in [0.5, 0.6) is 0 Å². The van der Waals surface area contributed by atoms with Gasteiger partial charge < -0.3 is 10.6 Å². The minimum atomic E-state index is -4.61. The van der Waals surface area contributed by atoms with Gasteiger partial charge >= 0.3 is 12.2 Å². The highest BCUT2D eigenvalue weighted by molar-refractivity contribution is 6.30. The van der Waals surface area contributed by atoms with Gasteiger partial charge in [0.1, 0.15) is 11.4 Å². The maximum absolute atomic E-state index is 13.7. The van der Waals surface area contributed by atoms with Gasteiger partial charge in [0.25, 0.3) is 0 Å². The van der Waals surface area contributed by atoms with Crippen molar-refractivity contribution in [1.29, 1.82) is 0 Å². The molecular weight excluding hydrogens is 494 g/mol. The number of nitrogens with one attached hydrogen (secondary N) is 2. The monoisotopic (exact) mass is 513 g/mol. The number of halogens is 5. The Morgan fingerprint density at radius 2 is 1.58 bits per heavy atom. The highest BCUT2D eigenvalue weighted by Crippen LogP contribution is 2.37. The van der Waals surface area contributed by atoms with Crippen LogP contribution in [0.3, 0.4) is 0 Å². The minimum Gasteiger partial charge on any atom is -0.322 e. The molecule has 4 nitrogen and oxygen atoms in total. The Balaban J connectivity index is 1.87. The van der Waals surface area contributed by atoms with Crippen molar-refractivity contribution in [3.8, 4) is 0 Å². The van der Waals surface area contributed by atoms with Crippen LogP contribution in [0.15, 0.2) is 97.2 Å². The lowest BCUT2D eigenvalue weighted by molar-refractivity contribution is -0.137. The topological polar surface area (TPSA) is 54.0 Å². The summed E-state index contributed by atoms with van der Waals surface area (Å²) in [4.78, 5) is 17.6. The second kappa shape index (κ2) is 10.4. The minimum absolute atomic E-state index is 0.0698. The SMILES string of the molecule is O=C(Nc1cccc(F)c1)N[C@@](Cc1ccccc1)(c1cccc(C(F)(F)F)c1)c1ccc(Cl)cn1. The van der Waals surface area contributed by atoms with E-state index in [1.54, 1.807) is 42.5 Å². The molecule has 36 heavy (non-hydrogen) atoms. The lowest BCUT2D eigenvalue weighted by Crippen LogP contribution is -2.50. The third kappa shape index (κ3) is 5.83. The van der Waals surface area contributed by atoms with Crippen LogP contribution in [-0.4, -0.2) is 11.0 Å². The van der Waals surface area contributed by atoms with E-state index in [-0.39, 0.29) is 23.4 Å². The first-order valence-corrected chi connectivity index (χ1v) is 11.2. The average Bonchev–Trinajstić information content (AvgIpc) is 2.84. The van der Waals surface area contributed by atoms with Gasteiger partial charge in [-0.15, -0.1) is 0 Å². The molecule has 3 aromatic carbocycles. The molecule has 0 saturated heterocycles. The number of carbonyl (C=O) groups excluding carboxylic acids is 1. The van der Waals surface area contributed by atoms with Gasteiger partial charge in [0, 0.05) is 18.3 Å². The third-order valence-electron chi connectivity index (χ3n) is 5.57. The van der Waals surface area contributed by atoms with Crippen LogP contribution in [0.1, 0.15) is 22.4 Å². The Morgan fingerprint density at radius 3 is 2.25 bits per heavy atom. The summed E-state index contributed by atoms with van der Waals surface area (Å²) in [5, 5.41) is 5.71. The summed E-state index contributed by atoms with van der Waals surface area (Å²) in [5.74, 6) is -0.555. The van der Waals surface area contributed by atoms with E-state index >= 15 is 0 Å². The number of hydrogen-bond acceptors (Lipinski definition) is 2. The van der Waals surface area contributed by atoms with E-state index in [0.29, 0.717) is 5.02 Å². The van der Waals surface area contributed by atoms with Crippen molar-refractivity contribution >= 4 is 23.3 Å². The number of hydrogen-bond donors (Lipinski definition) is 2. The van der Waals surface area contributed by atoms with Crippen LogP contribution in [0, 0.1) is 5.82 Å². The largest absolute Gasteiger partial charge is 0.416 e. The Hall–Kier alpha value is -3.91. The van der Waals surface area contributed by atoms with Gasteiger partial charge in [0.05, 0.1) is 16.3 Å². The molecule has 4 aromatic rings. The van der Waals surface area contributed by atoms with Gasteiger partial charge in [0.2, 0.25) is 0 Å². The number of nitrogens with zero attached hydrogens (tertiary/aromatic N) is 1. The molecule has 0 aliphatic rings. The number of benzene rings is 3. The molecule has 0 spiro atoms. The van der Waals surface area contributed by atoms with Gasteiger partial charge in [-0.3, -0.25) is 4.98 Å². The molecule has 2 N–H and O–H groups in total. The Bertz CT molecular complexity index is 1350. The van der Waals surface area contributed by atoms with E-state index in [1.807, 2.05) is 0 Å². The standard InChI is InChI=1S/C27H20ClF4N3O/c28-21-12-13-24(33-17-21)26(16-18-6-2-1-3-7-18,19-8-4-9-20(14-19)27(30,31)32)35-25(36)34-23-11-5-10-22(29)15-23/h1-15,17H,16H2,(H2,34,35,36)/t26-/m0/s1. The first kappa shape index (κ1) is 25.2.